The van der Waals surface area contributed by atoms with Crippen molar-refractivity contribution < 1.29 is 32.2 Å². The third-order valence-corrected chi connectivity index (χ3v) is 6.25. The van der Waals surface area contributed by atoms with Crippen LogP contribution in [0.2, 0.25) is 0 Å². The summed E-state index contributed by atoms with van der Waals surface area (Å²) >= 11 is 0. The van der Waals surface area contributed by atoms with Crippen LogP contribution in [0.15, 0.2) is 65.3 Å². The molecule has 9 heteroatoms. The first kappa shape index (κ1) is 25.2. The van der Waals surface area contributed by atoms with Crippen LogP contribution >= 0.6 is 0 Å². The SMILES string of the molecule is COc1cc([C@H]2C(C#N)=C(N)OC3=C2C(=O)CC(C)(C)C3)ccc1OCc1cccc(C(F)(F)F)c1. The monoisotopic (exact) mass is 498 g/mol. The number of ketones is 1. The third-order valence-electron chi connectivity index (χ3n) is 6.25. The Morgan fingerprint density at radius 1 is 1.17 bits per heavy atom. The van der Waals surface area contributed by atoms with Crippen molar-refractivity contribution in [2.45, 2.75) is 45.4 Å². The highest BCUT2D eigenvalue weighted by Gasteiger charge is 2.43. The van der Waals surface area contributed by atoms with Crippen molar-refractivity contribution in [1.82, 2.24) is 0 Å². The van der Waals surface area contributed by atoms with E-state index in [0.717, 1.165) is 12.1 Å². The molecule has 0 unspecified atom stereocenters. The second-order valence-electron chi connectivity index (χ2n) is 9.60. The van der Waals surface area contributed by atoms with Crippen molar-refractivity contribution in [3.8, 4) is 17.6 Å². The molecule has 0 saturated carbocycles. The van der Waals surface area contributed by atoms with Crippen molar-refractivity contribution in [3.63, 3.8) is 0 Å². The molecule has 1 aliphatic heterocycles. The highest BCUT2D eigenvalue weighted by molar-refractivity contribution is 6.00. The van der Waals surface area contributed by atoms with Crippen molar-refractivity contribution in [2.75, 3.05) is 7.11 Å². The van der Waals surface area contributed by atoms with Crippen LogP contribution in [-0.4, -0.2) is 12.9 Å². The molecule has 0 fully saturated rings. The maximum absolute atomic E-state index is 13.1. The van der Waals surface area contributed by atoms with Crippen LogP contribution < -0.4 is 15.2 Å². The van der Waals surface area contributed by atoms with Gasteiger partial charge in [-0.15, -0.1) is 0 Å². The van der Waals surface area contributed by atoms with Gasteiger partial charge in [0.25, 0.3) is 0 Å². The topological polar surface area (TPSA) is 94.6 Å². The number of nitrogens with zero attached hydrogens (tertiary/aromatic N) is 1. The molecule has 0 bridgehead atoms. The highest BCUT2D eigenvalue weighted by atomic mass is 19.4. The van der Waals surface area contributed by atoms with Crippen LogP contribution in [-0.2, 0) is 22.3 Å². The smallest absolute Gasteiger partial charge is 0.416 e. The predicted molar refractivity (Wildman–Crippen MR) is 124 cm³/mol. The largest absolute Gasteiger partial charge is 0.493 e. The second kappa shape index (κ2) is 9.26. The Labute approximate surface area is 206 Å². The summed E-state index contributed by atoms with van der Waals surface area (Å²) in [6.45, 7) is 3.81. The van der Waals surface area contributed by atoms with Crippen molar-refractivity contribution in [1.29, 1.82) is 5.26 Å². The molecule has 0 amide bonds. The predicted octanol–water partition coefficient (Wildman–Crippen LogP) is 5.74. The van der Waals surface area contributed by atoms with E-state index >= 15 is 0 Å². The van der Waals surface area contributed by atoms with E-state index in [2.05, 4.69) is 6.07 Å². The maximum Gasteiger partial charge on any atom is 0.416 e. The molecule has 4 rings (SSSR count). The first-order chi connectivity index (χ1) is 16.9. The number of nitriles is 1. The molecule has 0 radical (unpaired) electrons. The fraction of sp³-hybridized carbons (Fsp3) is 0.333. The molecular formula is C27H25F3N2O4. The minimum atomic E-state index is -4.45. The van der Waals surface area contributed by atoms with Crippen LogP contribution in [0.3, 0.4) is 0 Å². The molecule has 0 aromatic heterocycles. The lowest BCUT2D eigenvalue weighted by Crippen LogP contribution is -2.33. The number of rotatable bonds is 5. The molecule has 1 atom stereocenters. The van der Waals surface area contributed by atoms with E-state index in [1.165, 1.54) is 19.2 Å². The molecule has 2 aromatic rings. The van der Waals surface area contributed by atoms with Gasteiger partial charge >= 0.3 is 6.18 Å². The standard InChI is InChI=1S/C27H25F3N2O4/c1-26(2)11-19(33)24-22(12-26)36-25(32)18(13-31)23(24)16-7-8-20(21(10-16)34-3)35-14-15-5-4-6-17(9-15)27(28,29)30/h4-10,23H,11-12,14,32H2,1-3H3/t23-/m0/s1. The molecule has 2 aromatic carbocycles. The van der Waals surface area contributed by atoms with Gasteiger partial charge in [-0.1, -0.05) is 32.0 Å². The number of Topliss-reactive ketones (excluding diaryl/α,β-unsaturated/α-hetero) is 1. The summed E-state index contributed by atoms with van der Waals surface area (Å²) in [5.74, 6) is 0.167. The number of methoxy groups -OCH3 is 1. The number of ether oxygens (including phenoxy) is 3. The number of hydrogen-bond donors (Lipinski definition) is 1. The molecule has 1 heterocycles. The molecule has 2 N–H and O–H groups in total. The molecule has 6 nitrogen and oxygen atoms in total. The van der Waals surface area contributed by atoms with Crippen LogP contribution in [0.25, 0.3) is 0 Å². The van der Waals surface area contributed by atoms with Crippen LogP contribution in [0.4, 0.5) is 13.2 Å². The minimum Gasteiger partial charge on any atom is -0.493 e. The van der Waals surface area contributed by atoms with E-state index < -0.39 is 17.7 Å². The highest BCUT2D eigenvalue weighted by Crippen LogP contribution is 2.48. The Kier molecular flexibility index (Phi) is 6.48. The zero-order valence-electron chi connectivity index (χ0n) is 20.0. The van der Waals surface area contributed by atoms with Gasteiger partial charge in [-0.2, -0.15) is 18.4 Å². The van der Waals surface area contributed by atoms with E-state index in [0.29, 0.717) is 46.8 Å². The lowest BCUT2D eigenvalue weighted by molar-refractivity contribution is -0.137. The molecule has 1 aliphatic carbocycles. The number of allylic oxidation sites excluding steroid dienone is 3. The van der Waals surface area contributed by atoms with Crippen molar-refractivity contribution in [3.05, 3.63) is 81.9 Å². The van der Waals surface area contributed by atoms with E-state index in [1.807, 2.05) is 13.8 Å². The lowest BCUT2D eigenvalue weighted by atomic mass is 9.70. The van der Waals surface area contributed by atoms with Crippen LogP contribution in [0.5, 0.6) is 11.5 Å². The van der Waals surface area contributed by atoms with Gasteiger partial charge in [-0.3, -0.25) is 4.79 Å². The summed E-state index contributed by atoms with van der Waals surface area (Å²) in [7, 11) is 1.43. The van der Waals surface area contributed by atoms with Gasteiger partial charge in [-0.05, 0) is 40.8 Å². The fourth-order valence-corrected chi connectivity index (χ4v) is 4.60. The fourth-order valence-electron chi connectivity index (χ4n) is 4.60. The van der Waals surface area contributed by atoms with Crippen LogP contribution in [0.1, 0.15) is 49.3 Å². The number of carbonyl (C=O) groups excluding carboxylic acids is 1. The summed E-state index contributed by atoms with van der Waals surface area (Å²) in [5.41, 5.74) is 6.46. The first-order valence-corrected chi connectivity index (χ1v) is 11.2. The molecule has 2 aliphatic rings. The Bertz CT molecular complexity index is 1320. The summed E-state index contributed by atoms with van der Waals surface area (Å²) in [4.78, 5) is 13.1. The second-order valence-corrected chi connectivity index (χ2v) is 9.60. The van der Waals surface area contributed by atoms with Crippen molar-refractivity contribution in [2.24, 2.45) is 11.1 Å². The first-order valence-electron chi connectivity index (χ1n) is 11.2. The summed E-state index contributed by atoms with van der Waals surface area (Å²) in [5, 5.41) is 9.81. The van der Waals surface area contributed by atoms with Gasteiger partial charge in [0.1, 0.15) is 24.0 Å². The van der Waals surface area contributed by atoms with E-state index in [9.17, 15) is 23.2 Å². The number of halogens is 3. The van der Waals surface area contributed by atoms with Gasteiger partial charge in [0.15, 0.2) is 17.3 Å². The lowest BCUT2D eigenvalue weighted by Gasteiger charge is -2.37. The van der Waals surface area contributed by atoms with Gasteiger partial charge in [-0.25, -0.2) is 0 Å². The van der Waals surface area contributed by atoms with Gasteiger partial charge in [0, 0.05) is 18.4 Å². The van der Waals surface area contributed by atoms with E-state index in [1.54, 1.807) is 18.2 Å². The number of hydrogen-bond acceptors (Lipinski definition) is 6. The average molecular weight is 499 g/mol. The number of benzene rings is 2. The van der Waals surface area contributed by atoms with Gasteiger partial charge in [0.2, 0.25) is 5.88 Å². The van der Waals surface area contributed by atoms with Crippen LogP contribution in [0, 0.1) is 16.7 Å². The third kappa shape index (κ3) is 4.89. The zero-order chi connectivity index (χ0) is 26.3. The average Bonchev–Trinajstić information content (AvgIpc) is 2.80. The molecule has 188 valence electrons. The Morgan fingerprint density at radius 3 is 2.58 bits per heavy atom. The van der Waals surface area contributed by atoms with Crippen molar-refractivity contribution >= 4 is 5.78 Å². The van der Waals surface area contributed by atoms with E-state index in [-0.39, 0.29) is 29.3 Å². The summed E-state index contributed by atoms with van der Waals surface area (Å²) < 4.78 is 56.0. The summed E-state index contributed by atoms with van der Waals surface area (Å²) in [6.07, 6.45) is -3.65. The quantitative estimate of drug-likeness (QED) is 0.565. The number of nitrogens with two attached hydrogens (primary N) is 1. The number of carbonyl (C=O) groups is 1. The normalized spacial score (nSPS) is 19.4. The number of alkyl halides is 3. The maximum atomic E-state index is 13.1. The molecule has 0 saturated heterocycles. The van der Waals surface area contributed by atoms with Gasteiger partial charge < -0.3 is 19.9 Å². The molecule has 0 spiro atoms. The Balaban J connectivity index is 1.66. The summed E-state index contributed by atoms with van der Waals surface area (Å²) in [6, 6.07) is 11.9. The molecule has 36 heavy (non-hydrogen) atoms. The Morgan fingerprint density at radius 2 is 1.92 bits per heavy atom. The Hall–Kier alpha value is -3.93. The minimum absolute atomic E-state index is 0.0458. The zero-order valence-corrected chi connectivity index (χ0v) is 20.0. The van der Waals surface area contributed by atoms with Gasteiger partial charge in [0.05, 0.1) is 18.6 Å². The molecular weight excluding hydrogens is 473 g/mol. The van der Waals surface area contributed by atoms with E-state index in [4.69, 9.17) is 19.9 Å².